The Bertz CT molecular complexity index is 3870. The molecule has 0 saturated carbocycles. The molecule has 0 aliphatic heterocycles. The minimum atomic E-state index is 0.295. The Morgan fingerprint density at radius 3 is 1.02 bits per heavy atom. The number of hydrogen-bond acceptors (Lipinski definition) is 4. The molecule has 0 aromatic heterocycles. The molecule has 0 radical (unpaired) electrons. The van der Waals surface area contributed by atoms with Crippen molar-refractivity contribution in [2.45, 2.75) is 12.3 Å². The molecule has 82 heavy (non-hydrogen) atoms. The molecule has 11 aromatic carbocycles. The van der Waals surface area contributed by atoms with Crippen LogP contribution in [0.5, 0.6) is 0 Å². The quantitative estimate of drug-likeness (QED) is 0.0865. The zero-order chi connectivity index (χ0) is 55.1. The van der Waals surface area contributed by atoms with Crippen molar-refractivity contribution in [3.63, 3.8) is 0 Å². The number of anilines is 9. The first-order valence-electron chi connectivity index (χ1n) is 28.1. The van der Waals surface area contributed by atoms with Crippen molar-refractivity contribution in [3.05, 3.63) is 363 Å². The lowest BCUT2D eigenvalue weighted by Gasteiger charge is -2.29. The molecule has 394 valence electrons. The summed E-state index contributed by atoms with van der Waals surface area (Å²) in [5.74, 6) is 0.295. The van der Waals surface area contributed by atoms with Crippen LogP contribution in [-0.2, 0) is 0 Å². The molecule has 0 heterocycles. The topological polar surface area (TPSA) is 21.8 Å². The second-order valence-electron chi connectivity index (χ2n) is 20.2. The lowest BCUT2D eigenvalue weighted by molar-refractivity contribution is 0.840. The molecular formula is C78H62N4. The van der Waals surface area contributed by atoms with Crippen LogP contribution in [0.1, 0.15) is 23.5 Å². The fourth-order valence-electron chi connectivity index (χ4n) is 10.6. The molecule has 1 atom stereocenters. The minimum Gasteiger partial charge on any atom is -0.362 e. The van der Waals surface area contributed by atoms with Crippen LogP contribution in [-0.4, -0.2) is 0 Å². The first kappa shape index (κ1) is 52.0. The summed E-state index contributed by atoms with van der Waals surface area (Å²) in [6.45, 7) is 0. The Balaban J connectivity index is 0.633. The highest BCUT2D eigenvalue weighted by atomic mass is 15.2. The molecule has 1 unspecified atom stereocenters. The lowest BCUT2D eigenvalue weighted by Crippen LogP contribution is -2.17. The Kier molecular flexibility index (Phi) is 16.1. The molecule has 4 heteroatoms. The molecule has 0 saturated heterocycles. The van der Waals surface area contributed by atoms with Crippen LogP contribution in [0.2, 0.25) is 0 Å². The van der Waals surface area contributed by atoms with Gasteiger partial charge in [-0.15, -0.1) is 0 Å². The third-order valence-electron chi connectivity index (χ3n) is 14.9. The van der Waals surface area contributed by atoms with Crippen LogP contribution >= 0.6 is 0 Å². The molecule has 11 aromatic rings. The van der Waals surface area contributed by atoms with E-state index in [4.69, 9.17) is 0 Å². The highest BCUT2D eigenvalue weighted by Gasteiger charge is 2.20. The smallest absolute Gasteiger partial charge is 0.0462 e. The fraction of sp³-hybridized carbons (Fsp3) is 0.0256. The average Bonchev–Trinajstić information content (AvgIpc) is 3.75. The Morgan fingerprint density at radius 2 is 0.634 bits per heavy atom. The SMILES string of the molecule is C1=CC(c2ccc(N(c3ccccc3)c3ccc(-c4ccc(-c5ccc(\C=C/C=C\C=C\Nc6ccc(-c7ccc(N(c8ccccc8)c8ccccc8)cc7)cc6)cc5)cc4)cc3)cc2)CC=C1N(c1ccccc1)c1ccccc1. The van der Waals surface area contributed by atoms with Crippen molar-refractivity contribution in [3.8, 4) is 33.4 Å². The average molecular weight is 1060 g/mol. The number of para-hydroxylation sites is 5. The van der Waals surface area contributed by atoms with E-state index in [-0.39, 0.29) is 0 Å². The van der Waals surface area contributed by atoms with E-state index in [9.17, 15) is 0 Å². The summed E-state index contributed by atoms with van der Waals surface area (Å²) in [5.41, 5.74) is 20.8. The number of hydrogen-bond donors (Lipinski definition) is 1. The lowest BCUT2D eigenvalue weighted by atomic mass is 9.91. The van der Waals surface area contributed by atoms with Gasteiger partial charge in [0.2, 0.25) is 0 Å². The van der Waals surface area contributed by atoms with Gasteiger partial charge < -0.3 is 20.0 Å². The van der Waals surface area contributed by atoms with E-state index < -0.39 is 0 Å². The highest BCUT2D eigenvalue weighted by Crippen LogP contribution is 2.40. The first-order chi connectivity index (χ1) is 40.7. The Labute approximate surface area is 483 Å². The standard InChI is InChI=1S/C78H62N4/c1(2-19-59-79-69-49-39-64(40-50-69)66-43-51-75(52-44-66)80(70-21-9-3-10-22-70)71-23-11-4-12-24-71)8-20-60-31-33-61(34-32-60)62-35-37-63(38-36-62)65-41-55-77(56-42-65)82(74-29-17-7-18-30-74)78-57-47-68(48-58-78)67-45-53-76(54-46-67)81(72-25-13-5-14-26-72)73-27-15-6-16-28-73/h1-45,47-59,67,79H,46H2/b2-1-,20-8-,59-19+. The Hall–Kier alpha value is -10.7. The van der Waals surface area contributed by atoms with Gasteiger partial charge in [-0.1, -0.05) is 225 Å². The number of benzene rings is 11. The molecule has 1 aliphatic carbocycles. The summed E-state index contributed by atoms with van der Waals surface area (Å²) >= 11 is 0. The summed E-state index contributed by atoms with van der Waals surface area (Å²) < 4.78 is 0. The molecule has 1 aliphatic rings. The van der Waals surface area contributed by atoms with Crippen molar-refractivity contribution >= 4 is 57.3 Å². The maximum Gasteiger partial charge on any atom is 0.0462 e. The zero-order valence-electron chi connectivity index (χ0n) is 45.6. The van der Waals surface area contributed by atoms with Crippen molar-refractivity contribution in [1.82, 2.24) is 0 Å². The van der Waals surface area contributed by atoms with Gasteiger partial charge in [-0.2, -0.15) is 0 Å². The van der Waals surface area contributed by atoms with Crippen LogP contribution in [0.25, 0.3) is 39.5 Å². The second-order valence-corrected chi connectivity index (χ2v) is 20.2. The Morgan fingerprint density at radius 1 is 0.305 bits per heavy atom. The summed E-state index contributed by atoms with van der Waals surface area (Å²) in [7, 11) is 0. The molecule has 0 spiro atoms. The molecule has 4 nitrogen and oxygen atoms in total. The molecule has 0 fully saturated rings. The minimum absolute atomic E-state index is 0.295. The monoisotopic (exact) mass is 1050 g/mol. The van der Waals surface area contributed by atoms with Crippen molar-refractivity contribution in [1.29, 1.82) is 0 Å². The van der Waals surface area contributed by atoms with Crippen molar-refractivity contribution < 1.29 is 0 Å². The van der Waals surface area contributed by atoms with Gasteiger partial charge in [0.25, 0.3) is 0 Å². The predicted molar refractivity (Wildman–Crippen MR) is 349 cm³/mol. The normalized spacial score (nSPS) is 13.1. The van der Waals surface area contributed by atoms with E-state index in [2.05, 4.69) is 348 Å². The van der Waals surface area contributed by atoms with E-state index in [1.165, 1.54) is 44.6 Å². The number of rotatable bonds is 18. The summed E-state index contributed by atoms with van der Waals surface area (Å²) in [5, 5.41) is 3.39. The van der Waals surface area contributed by atoms with E-state index in [0.29, 0.717) is 5.92 Å². The second kappa shape index (κ2) is 25.4. The molecule has 0 amide bonds. The summed E-state index contributed by atoms with van der Waals surface area (Å²) in [6, 6.07) is 106. The van der Waals surface area contributed by atoms with Gasteiger partial charge in [0.1, 0.15) is 0 Å². The number of nitrogens with one attached hydrogen (secondary N) is 1. The predicted octanol–water partition coefficient (Wildman–Crippen LogP) is 21.6. The van der Waals surface area contributed by atoms with Gasteiger partial charge in [-0.25, -0.2) is 0 Å². The third kappa shape index (κ3) is 12.4. The van der Waals surface area contributed by atoms with Crippen LogP contribution in [0.3, 0.4) is 0 Å². The molecular weight excluding hydrogens is 993 g/mol. The highest BCUT2D eigenvalue weighted by molar-refractivity contribution is 5.81. The van der Waals surface area contributed by atoms with Gasteiger partial charge in [0.15, 0.2) is 0 Å². The third-order valence-corrected chi connectivity index (χ3v) is 14.9. The van der Waals surface area contributed by atoms with Crippen LogP contribution in [0.4, 0.5) is 51.2 Å². The van der Waals surface area contributed by atoms with E-state index in [1.54, 1.807) is 0 Å². The van der Waals surface area contributed by atoms with E-state index in [1.807, 2.05) is 24.4 Å². The van der Waals surface area contributed by atoms with Crippen LogP contribution in [0, 0.1) is 0 Å². The van der Waals surface area contributed by atoms with Crippen LogP contribution in [0.15, 0.2) is 352 Å². The molecule has 1 N–H and O–H groups in total. The molecule has 12 rings (SSSR count). The van der Waals surface area contributed by atoms with Crippen molar-refractivity contribution in [2.24, 2.45) is 0 Å². The molecule has 0 bridgehead atoms. The zero-order valence-corrected chi connectivity index (χ0v) is 45.6. The van der Waals surface area contributed by atoms with E-state index >= 15 is 0 Å². The maximum absolute atomic E-state index is 3.39. The van der Waals surface area contributed by atoms with Gasteiger partial charge in [-0.05, 0) is 172 Å². The van der Waals surface area contributed by atoms with Gasteiger partial charge in [0.05, 0.1) is 0 Å². The van der Waals surface area contributed by atoms with Crippen molar-refractivity contribution in [2.75, 3.05) is 20.0 Å². The fourth-order valence-corrected chi connectivity index (χ4v) is 10.6. The van der Waals surface area contributed by atoms with Gasteiger partial charge >= 0.3 is 0 Å². The van der Waals surface area contributed by atoms with Gasteiger partial charge in [-0.3, -0.25) is 0 Å². The summed E-state index contributed by atoms with van der Waals surface area (Å²) in [4.78, 5) is 6.95. The van der Waals surface area contributed by atoms with Gasteiger partial charge in [0, 0.05) is 69.0 Å². The summed E-state index contributed by atoms with van der Waals surface area (Å²) in [6.07, 6.45) is 20.2. The largest absolute Gasteiger partial charge is 0.362 e. The number of nitrogens with zero attached hydrogens (tertiary/aromatic N) is 3. The maximum atomic E-state index is 3.39. The number of allylic oxidation sites excluding steroid dienone is 7. The first-order valence-corrected chi connectivity index (χ1v) is 28.1. The van der Waals surface area contributed by atoms with E-state index in [0.717, 1.165) is 63.2 Å². The van der Waals surface area contributed by atoms with Crippen LogP contribution < -0.4 is 20.0 Å².